The van der Waals surface area contributed by atoms with E-state index in [0.717, 1.165) is 24.8 Å². The molecule has 3 heteroatoms. The van der Waals surface area contributed by atoms with Crippen molar-refractivity contribution >= 4 is 17.9 Å². The lowest BCUT2D eigenvalue weighted by atomic mass is 10.1. The highest BCUT2D eigenvalue weighted by Crippen LogP contribution is 2.34. The highest BCUT2D eigenvalue weighted by Gasteiger charge is 2.35. The first-order chi connectivity index (χ1) is 8.76. The van der Waals surface area contributed by atoms with Crippen LogP contribution in [0.25, 0.3) is 6.08 Å². The molecule has 1 aromatic carbocycles. The number of esters is 1. The first kappa shape index (κ1) is 11.2. The van der Waals surface area contributed by atoms with Crippen molar-refractivity contribution in [2.45, 2.75) is 26.2 Å². The highest BCUT2D eigenvalue weighted by atomic mass is 16.6. The van der Waals surface area contributed by atoms with E-state index in [2.05, 4.69) is 24.0 Å². The summed E-state index contributed by atoms with van der Waals surface area (Å²) in [6.45, 7) is 2.12. The van der Waals surface area contributed by atoms with Crippen LogP contribution in [0.5, 0.6) is 0 Å². The molecular formula is C15H15NO2. The molecule has 0 radical (unpaired) electrons. The number of benzene rings is 1. The van der Waals surface area contributed by atoms with E-state index in [0.29, 0.717) is 17.5 Å². The van der Waals surface area contributed by atoms with Gasteiger partial charge in [0.05, 0.1) is 0 Å². The summed E-state index contributed by atoms with van der Waals surface area (Å²) in [6, 6.07) is 8.14. The monoisotopic (exact) mass is 241 g/mol. The molecule has 1 fully saturated rings. The second-order valence-electron chi connectivity index (χ2n) is 4.74. The van der Waals surface area contributed by atoms with Crippen molar-refractivity contribution in [3.05, 3.63) is 41.1 Å². The maximum atomic E-state index is 11.6. The molecule has 1 saturated carbocycles. The van der Waals surface area contributed by atoms with Crippen LogP contribution in [-0.2, 0) is 16.0 Å². The fourth-order valence-corrected chi connectivity index (χ4v) is 1.94. The molecule has 2 aliphatic rings. The summed E-state index contributed by atoms with van der Waals surface area (Å²) in [6.07, 6.45) is 4.98. The minimum atomic E-state index is -0.323. The minimum Gasteiger partial charge on any atom is -0.406 e. The summed E-state index contributed by atoms with van der Waals surface area (Å²) < 4.78 is 5.16. The standard InChI is InChI=1S/C15H15NO2/c1-2-10-3-5-11(6-4-10)9-13-15(17)18-14(16-13)12-7-8-12/h3-6,9,12H,2,7-8H2,1H3/b13-9+. The number of ether oxygens (including phenoxy) is 1. The van der Waals surface area contributed by atoms with Gasteiger partial charge in [-0.05, 0) is 36.5 Å². The topological polar surface area (TPSA) is 38.7 Å². The SMILES string of the molecule is CCc1ccc(/C=C2/N=C(C3CC3)OC2=O)cc1. The predicted octanol–water partition coefficient (Wildman–Crippen LogP) is 2.96. The van der Waals surface area contributed by atoms with Crippen LogP contribution in [-0.4, -0.2) is 11.9 Å². The zero-order valence-corrected chi connectivity index (χ0v) is 10.3. The molecule has 92 valence electrons. The Kier molecular flexibility index (Phi) is 2.74. The van der Waals surface area contributed by atoms with Crippen LogP contribution in [0.2, 0.25) is 0 Å². The molecular weight excluding hydrogens is 226 g/mol. The quantitative estimate of drug-likeness (QED) is 0.602. The number of carbonyl (C=O) groups is 1. The first-order valence-corrected chi connectivity index (χ1v) is 6.37. The van der Waals surface area contributed by atoms with E-state index in [9.17, 15) is 4.79 Å². The van der Waals surface area contributed by atoms with E-state index in [1.807, 2.05) is 12.1 Å². The molecule has 1 aliphatic heterocycles. The van der Waals surface area contributed by atoms with Crippen molar-refractivity contribution in [1.29, 1.82) is 0 Å². The first-order valence-electron chi connectivity index (χ1n) is 6.37. The predicted molar refractivity (Wildman–Crippen MR) is 70.0 cm³/mol. The van der Waals surface area contributed by atoms with E-state index in [1.54, 1.807) is 6.08 Å². The van der Waals surface area contributed by atoms with Gasteiger partial charge in [-0.15, -0.1) is 0 Å². The summed E-state index contributed by atoms with van der Waals surface area (Å²) in [5.74, 6) is 0.662. The lowest BCUT2D eigenvalue weighted by Crippen LogP contribution is -2.05. The van der Waals surface area contributed by atoms with Crippen molar-refractivity contribution in [2.75, 3.05) is 0 Å². The number of aryl methyl sites for hydroxylation is 1. The average Bonchev–Trinajstić information content (AvgIpc) is 3.17. The maximum Gasteiger partial charge on any atom is 0.363 e. The van der Waals surface area contributed by atoms with Crippen LogP contribution in [0, 0.1) is 5.92 Å². The molecule has 0 N–H and O–H groups in total. The van der Waals surface area contributed by atoms with Crippen molar-refractivity contribution in [2.24, 2.45) is 10.9 Å². The summed E-state index contributed by atoms with van der Waals surface area (Å²) in [5.41, 5.74) is 2.69. The Morgan fingerprint density at radius 2 is 2.06 bits per heavy atom. The second kappa shape index (κ2) is 4.41. The van der Waals surface area contributed by atoms with E-state index in [1.165, 1.54) is 5.56 Å². The Morgan fingerprint density at radius 1 is 1.33 bits per heavy atom. The van der Waals surface area contributed by atoms with Gasteiger partial charge in [0, 0.05) is 5.92 Å². The number of hydrogen-bond donors (Lipinski definition) is 0. The zero-order chi connectivity index (χ0) is 12.5. The van der Waals surface area contributed by atoms with E-state index in [4.69, 9.17) is 4.74 Å². The van der Waals surface area contributed by atoms with Gasteiger partial charge in [-0.2, -0.15) is 0 Å². The van der Waals surface area contributed by atoms with E-state index < -0.39 is 0 Å². The zero-order valence-electron chi connectivity index (χ0n) is 10.3. The molecule has 0 amide bonds. The minimum absolute atomic E-state index is 0.323. The van der Waals surface area contributed by atoms with Crippen LogP contribution in [0.1, 0.15) is 30.9 Å². The number of carbonyl (C=O) groups excluding carboxylic acids is 1. The van der Waals surface area contributed by atoms with Crippen molar-refractivity contribution in [3.8, 4) is 0 Å². The largest absolute Gasteiger partial charge is 0.406 e. The molecule has 1 heterocycles. The lowest BCUT2D eigenvalue weighted by Gasteiger charge is -1.97. The average molecular weight is 241 g/mol. The molecule has 3 nitrogen and oxygen atoms in total. The molecule has 3 rings (SSSR count). The smallest absolute Gasteiger partial charge is 0.363 e. The van der Waals surface area contributed by atoms with Crippen LogP contribution < -0.4 is 0 Å². The summed E-state index contributed by atoms with van der Waals surface area (Å²) in [5, 5.41) is 0. The highest BCUT2D eigenvalue weighted by molar-refractivity contribution is 6.08. The van der Waals surface area contributed by atoms with Gasteiger partial charge >= 0.3 is 5.97 Å². The maximum absolute atomic E-state index is 11.6. The van der Waals surface area contributed by atoms with E-state index in [-0.39, 0.29) is 5.97 Å². The van der Waals surface area contributed by atoms with Crippen LogP contribution in [0.4, 0.5) is 0 Å². The fraction of sp³-hybridized carbons (Fsp3) is 0.333. The number of hydrogen-bond acceptors (Lipinski definition) is 3. The molecule has 1 aromatic rings. The molecule has 0 saturated heterocycles. The van der Waals surface area contributed by atoms with Gasteiger partial charge in [-0.25, -0.2) is 9.79 Å². The van der Waals surface area contributed by atoms with Crippen LogP contribution in [0.3, 0.4) is 0 Å². The van der Waals surface area contributed by atoms with Crippen molar-refractivity contribution < 1.29 is 9.53 Å². The number of nitrogens with zero attached hydrogens (tertiary/aromatic N) is 1. The third-order valence-corrected chi connectivity index (χ3v) is 3.25. The van der Waals surface area contributed by atoms with Gasteiger partial charge in [0.15, 0.2) is 5.70 Å². The van der Waals surface area contributed by atoms with Crippen molar-refractivity contribution in [1.82, 2.24) is 0 Å². The van der Waals surface area contributed by atoms with Crippen molar-refractivity contribution in [3.63, 3.8) is 0 Å². The molecule has 0 unspecified atom stereocenters. The van der Waals surface area contributed by atoms with Gasteiger partial charge in [0.2, 0.25) is 5.90 Å². The molecule has 1 aliphatic carbocycles. The Labute approximate surface area is 106 Å². The van der Waals surface area contributed by atoms with E-state index >= 15 is 0 Å². The summed E-state index contributed by atoms with van der Waals surface area (Å²) in [4.78, 5) is 15.9. The van der Waals surface area contributed by atoms with Gasteiger partial charge in [-0.3, -0.25) is 0 Å². The molecule has 18 heavy (non-hydrogen) atoms. The fourth-order valence-electron chi connectivity index (χ4n) is 1.94. The molecule has 0 atom stereocenters. The number of cyclic esters (lactones) is 1. The van der Waals surface area contributed by atoms with Gasteiger partial charge < -0.3 is 4.74 Å². The third kappa shape index (κ3) is 2.21. The van der Waals surface area contributed by atoms with Gasteiger partial charge in [0.25, 0.3) is 0 Å². The third-order valence-electron chi connectivity index (χ3n) is 3.25. The number of aliphatic imine (C=N–C) groups is 1. The van der Waals surface area contributed by atoms with Crippen LogP contribution >= 0.6 is 0 Å². The summed E-state index contributed by atoms with van der Waals surface area (Å²) >= 11 is 0. The molecule has 0 aromatic heterocycles. The van der Waals surface area contributed by atoms with Gasteiger partial charge in [-0.1, -0.05) is 31.2 Å². The molecule has 0 spiro atoms. The summed E-state index contributed by atoms with van der Waals surface area (Å²) in [7, 11) is 0. The lowest BCUT2D eigenvalue weighted by molar-refractivity contribution is -0.130. The Morgan fingerprint density at radius 3 is 2.67 bits per heavy atom. The number of rotatable bonds is 3. The Hall–Kier alpha value is -1.90. The normalized spacial score (nSPS) is 21.1. The van der Waals surface area contributed by atoms with Gasteiger partial charge in [0.1, 0.15) is 0 Å². The Bertz CT molecular complexity index is 536. The molecule has 0 bridgehead atoms. The Balaban J connectivity index is 1.84. The second-order valence-corrected chi connectivity index (χ2v) is 4.74. The van der Waals surface area contributed by atoms with Crippen LogP contribution in [0.15, 0.2) is 35.0 Å².